The van der Waals surface area contributed by atoms with Crippen LogP contribution in [0.5, 0.6) is 0 Å². The third kappa shape index (κ3) is 3.25. The van der Waals surface area contributed by atoms with E-state index >= 15 is 0 Å². The number of nitrogens with zero attached hydrogens (tertiary/aromatic N) is 5. The molecule has 0 bridgehead atoms. The molecule has 6 rings (SSSR count). The first-order valence-corrected chi connectivity index (χ1v) is 12.4. The van der Waals surface area contributed by atoms with Crippen molar-refractivity contribution >= 4 is 37.9 Å². The first-order valence-electron chi connectivity index (χ1n) is 11.0. The van der Waals surface area contributed by atoms with Crippen LogP contribution in [0.4, 0.5) is 5.82 Å². The lowest BCUT2D eigenvalue weighted by atomic mass is 10.1. The molecule has 1 aliphatic rings. The van der Waals surface area contributed by atoms with Gasteiger partial charge < -0.3 is 14.6 Å². The second kappa shape index (κ2) is 7.93. The number of H-pyrrole nitrogens is 1. The highest BCUT2D eigenvalue weighted by Crippen LogP contribution is 2.33. The number of aromatic amines is 1. The van der Waals surface area contributed by atoms with Crippen molar-refractivity contribution in [1.82, 2.24) is 23.9 Å². The molecule has 0 spiro atoms. The van der Waals surface area contributed by atoms with Crippen molar-refractivity contribution in [2.75, 3.05) is 24.7 Å². The summed E-state index contributed by atoms with van der Waals surface area (Å²) in [5.41, 5.74) is 1.83. The van der Waals surface area contributed by atoms with E-state index in [1.165, 1.54) is 3.97 Å². The second-order valence-corrected chi connectivity index (χ2v) is 10.1. The third-order valence-corrected chi connectivity index (χ3v) is 7.81. The fourth-order valence-electron chi connectivity index (χ4n) is 4.41. The van der Waals surface area contributed by atoms with Gasteiger partial charge in [0.15, 0.2) is 11.5 Å². The molecule has 34 heavy (non-hydrogen) atoms. The molecule has 5 aromatic rings. The van der Waals surface area contributed by atoms with Gasteiger partial charge in [0.1, 0.15) is 11.5 Å². The van der Waals surface area contributed by atoms with Crippen LogP contribution in [0.1, 0.15) is 6.92 Å². The lowest BCUT2D eigenvalue weighted by Crippen LogP contribution is -2.44. The summed E-state index contributed by atoms with van der Waals surface area (Å²) in [6.07, 6.45) is 5.06. The van der Waals surface area contributed by atoms with E-state index in [0.29, 0.717) is 42.4 Å². The van der Waals surface area contributed by atoms with Crippen LogP contribution in [-0.2, 0) is 14.8 Å². The number of hydrogen-bond acceptors (Lipinski definition) is 7. The Morgan fingerprint density at radius 3 is 2.74 bits per heavy atom. The van der Waals surface area contributed by atoms with E-state index in [-0.39, 0.29) is 10.9 Å². The Bertz CT molecular complexity index is 1610. The minimum Gasteiger partial charge on any atom is -0.377 e. The van der Waals surface area contributed by atoms with Gasteiger partial charge in [0.05, 0.1) is 29.5 Å². The molecule has 1 aromatic carbocycles. The summed E-state index contributed by atoms with van der Waals surface area (Å²) in [7, 11) is -3.85. The Kier molecular flexibility index (Phi) is 4.85. The molecule has 10 heteroatoms. The molecule has 9 nitrogen and oxygen atoms in total. The van der Waals surface area contributed by atoms with Crippen LogP contribution in [0.2, 0.25) is 0 Å². The lowest BCUT2D eigenvalue weighted by molar-refractivity contribution is 0.0987. The normalized spacial score (nSPS) is 17.0. The summed E-state index contributed by atoms with van der Waals surface area (Å²) in [6.45, 7) is 3.87. The van der Waals surface area contributed by atoms with E-state index in [0.717, 1.165) is 16.6 Å². The van der Waals surface area contributed by atoms with Crippen LogP contribution in [-0.4, -0.2) is 58.1 Å². The molecule has 0 saturated carbocycles. The van der Waals surface area contributed by atoms with Crippen LogP contribution < -0.4 is 4.90 Å². The van der Waals surface area contributed by atoms with Gasteiger partial charge in [-0.2, -0.15) is 0 Å². The third-order valence-electron chi connectivity index (χ3n) is 6.13. The van der Waals surface area contributed by atoms with Gasteiger partial charge in [-0.3, -0.25) is 0 Å². The van der Waals surface area contributed by atoms with Crippen molar-refractivity contribution < 1.29 is 13.2 Å². The number of pyridine rings is 1. The second-order valence-electron chi connectivity index (χ2n) is 8.25. The number of ether oxygens (including phenoxy) is 1. The van der Waals surface area contributed by atoms with Gasteiger partial charge >= 0.3 is 0 Å². The molecular formula is C24H22N6O3S. The monoisotopic (exact) mass is 474 g/mol. The average molecular weight is 475 g/mol. The van der Waals surface area contributed by atoms with Crippen LogP contribution in [0.3, 0.4) is 0 Å². The van der Waals surface area contributed by atoms with Crippen molar-refractivity contribution in [2.45, 2.75) is 17.9 Å². The SMILES string of the molecule is C[C@@H]1COCCN1c1nc(-c2ccnc3[nH]ccc23)nc2c1ccn2S(=O)(=O)c1ccccc1. The van der Waals surface area contributed by atoms with Crippen molar-refractivity contribution in [2.24, 2.45) is 0 Å². The Hall–Kier alpha value is -3.76. The van der Waals surface area contributed by atoms with Gasteiger partial charge in [0.2, 0.25) is 0 Å². The smallest absolute Gasteiger partial charge is 0.269 e. The number of aromatic nitrogens is 5. The summed E-state index contributed by atoms with van der Waals surface area (Å²) in [4.78, 5) is 19.6. The number of hydrogen-bond donors (Lipinski definition) is 1. The Labute approximate surface area is 196 Å². The molecule has 1 fully saturated rings. The number of benzene rings is 1. The molecule has 1 saturated heterocycles. The van der Waals surface area contributed by atoms with Crippen LogP contribution in [0.25, 0.3) is 33.5 Å². The first kappa shape index (κ1) is 20.8. The van der Waals surface area contributed by atoms with E-state index in [9.17, 15) is 8.42 Å². The average Bonchev–Trinajstić information content (AvgIpc) is 3.52. The lowest BCUT2D eigenvalue weighted by Gasteiger charge is -2.34. The van der Waals surface area contributed by atoms with Gasteiger partial charge in [-0.05, 0) is 37.3 Å². The van der Waals surface area contributed by atoms with Gasteiger partial charge in [0, 0.05) is 36.1 Å². The molecule has 0 aliphatic carbocycles. The van der Waals surface area contributed by atoms with E-state index in [2.05, 4.69) is 21.8 Å². The number of morpholine rings is 1. The summed E-state index contributed by atoms with van der Waals surface area (Å²) in [5.74, 6) is 1.13. The number of nitrogens with one attached hydrogen (secondary N) is 1. The van der Waals surface area contributed by atoms with Gasteiger partial charge in [-0.25, -0.2) is 27.3 Å². The van der Waals surface area contributed by atoms with E-state index in [1.807, 2.05) is 18.3 Å². The largest absolute Gasteiger partial charge is 0.377 e. The van der Waals surface area contributed by atoms with E-state index < -0.39 is 10.0 Å². The molecule has 0 radical (unpaired) electrons. The zero-order chi connectivity index (χ0) is 23.3. The van der Waals surface area contributed by atoms with Gasteiger partial charge in [-0.1, -0.05) is 18.2 Å². The molecule has 172 valence electrons. The Morgan fingerprint density at radius 2 is 1.91 bits per heavy atom. The fourth-order valence-corrected chi connectivity index (χ4v) is 5.73. The summed E-state index contributed by atoms with van der Waals surface area (Å²) < 4.78 is 33.9. The minimum absolute atomic E-state index is 0.0819. The number of fused-ring (bicyclic) bond motifs is 2. The van der Waals surface area contributed by atoms with Crippen molar-refractivity contribution in [3.8, 4) is 11.4 Å². The quantitative estimate of drug-likeness (QED) is 0.425. The molecule has 1 atom stereocenters. The predicted molar refractivity (Wildman–Crippen MR) is 129 cm³/mol. The highest BCUT2D eigenvalue weighted by molar-refractivity contribution is 7.90. The first-order chi connectivity index (χ1) is 16.5. The number of anilines is 1. The molecule has 1 aliphatic heterocycles. The summed E-state index contributed by atoms with van der Waals surface area (Å²) in [6, 6.07) is 14.0. The molecule has 4 aromatic heterocycles. The zero-order valence-corrected chi connectivity index (χ0v) is 19.2. The maximum absolute atomic E-state index is 13.5. The Balaban J connectivity index is 1.63. The van der Waals surface area contributed by atoms with Crippen LogP contribution >= 0.6 is 0 Å². The Morgan fingerprint density at radius 1 is 1.06 bits per heavy atom. The minimum atomic E-state index is -3.85. The maximum atomic E-state index is 13.5. The molecular weight excluding hydrogens is 452 g/mol. The van der Waals surface area contributed by atoms with Crippen molar-refractivity contribution in [3.63, 3.8) is 0 Å². The highest BCUT2D eigenvalue weighted by Gasteiger charge is 2.27. The van der Waals surface area contributed by atoms with Crippen LogP contribution in [0.15, 0.2) is 72.0 Å². The molecule has 0 amide bonds. The molecule has 5 heterocycles. The maximum Gasteiger partial charge on any atom is 0.269 e. The highest BCUT2D eigenvalue weighted by atomic mass is 32.2. The summed E-state index contributed by atoms with van der Waals surface area (Å²) in [5, 5.41) is 1.54. The van der Waals surface area contributed by atoms with E-state index in [4.69, 9.17) is 14.7 Å². The van der Waals surface area contributed by atoms with Gasteiger partial charge in [0.25, 0.3) is 10.0 Å². The predicted octanol–water partition coefficient (Wildman–Crippen LogP) is 3.44. The van der Waals surface area contributed by atoms with Crippen molar-refractivity contribution in [3.05, 3.63) is 67.1 Å². The standard InChI is InChI=1S/C24H22N6O3S/c1-16-15-33-14-13-29(16)23-20-9-12-30(34(31,32)17-5-3-2-4-6-17)24(20)28-22(27-23)19-8-11-26-21-18(19)7-10-25-21/h2-12,16H,13-15H2,1H3,(H,25,26)/t16-/m1/s1. The zero-order valence-electron chi connectivity index (χ0n) is 18.4. The van der Waals surface area contributed by atoms with Gasteiger partial charge in [-0.15, -0.1) is 0 Å². The van der Waals surface area contributed by atoms with E-state index in [1.54, 1.807) is 48.8 Å². The molecule has 0 unspecified atom stereocenters. The van der Waals surface area contributed by atoms with Crippen LogP contribution in [0, 0.1) is 0 Å². The van der Waals surface area contributed by atoms with Crippen molar-refractivity contribution in [1.29, 1.82) is 0 Å². The molecule has 1 N–H and O–H groups in total. The number of rotatable bonds is 4. The summed E-state index contributed by atoms with van der Waals surface area (Å²) >= 11 is 0. The topological polar surface area (TPSA) is 106 Å². The fraction of sp³-hybridized carbons (Fsp3) is 0.208.